The third-order valence-electron chi connectivity index (χ3n) is 5.17. The predicted molar refractivity (Wildman–Crippen MR) is 112 cm³/mol. The molecular weight excluding hydrogens is 489 g/mol. The van der Waals surface area contributed by atoms with Gasteiger partial charge in [0.2, 0.25) is 0 Å². The van der Waals surface area contributed by atoms with Gasteiger partial charge in [-0.1, -0.05) is 41.9 Å². The Morgan fingerprint density at radius 3 is 2.12 bits per heavy atom. The Morgan fingerprint density at radius 1 is 0.912 bits per heavy atom. The Balaban J connectivity index is 2.26. The van der Waals surface area contributed by atoms with Gasteiger partial charge in [0, 0.05) is 19.2 Å². The van der Waals surface area contributed by atoms with Crippen molar-refractivity contribution >= 4 is 11.6 Å². The first-order chi connectivity index (χ1) is 15.8. The predicted octanol–water partition coefficient (Wildman–Crippen LogP) is 5.89. The summed E-state index contributed by atoms with van der Waals surface area (Å²) in [5, 5.41) is 12.3. The summed E-state index contributed by atoms with van der Waals surface area (Å²) in [7, 11) is 0. The first-order valence-corrected chi connectivity index (χ1v) is 10.2. The van der Waals surface area contributed by atoms with Crippen molar-refractivity contribution in [3.63, 3.8) is 0 Å². The smallest absolute Gasteiger partial charge is 0.382 e. The lowest BCUT2D eigenvalue weighted by atomic mass is 9.79. The number of hydrogen-bond donors (Lipinski definition) is 2. The summed E-state index contributed by atoms with van der Waals surface area (Å²) in [6, 6.07) is 12.6. The lowest BCUT2D eigenvalue weighted by molar-refractivity contribution is -0.202. The number of nitrogens with zero attached hydrogens (tertiary/aromatic N) is 1. The van der Waals surface area contributed by atoms with Gasteiger partial charge in [-0.05, 0) is 41.5 Å². The molecule has 2 N–H and O–H groups in total. The van der Waals surface area contributed by atoms with Crippen LogP contribution in [0, 0.1) is 5.82 Å². The Hall–Kier alpha value is -2.69. The van der Waals surface area contributed by atoms with Crippen molar-refractivity contribution in [1.29, 1.82) is 0 Å². The highest BCUT2D eigenvalue weighted by atomic mass is 35.5. The van der Waals surface area contributed by atoms with Crippen LogP contribution in [0.3, 0.4) is 0 Å². The van der Waals surface area contributed by atoms with Crippen LogP contribution in [0.2, 0.25) is 5.02 Å². The van der Waals surface area contributed by atoms with Gasteiger partial charge in [0.05, 0.1) is 21.8 Å². The van der Waals surface area contributed by atoms with Crippen LogP contribution in [-0.2, 0) is 18.1 Å². The highest BCUT2D eigenvalue weighted by Gasteiger charge is 2.43. The molecule has 0 radical (unpaired) electrons. The fourth-order valence-corrected chi connectivity index (χ4v) is 3.62. The standard InChI is InChI=1S/C23H18ClF7N2O/c24-17-6-7-19(32-12-17)21(11-14-4-2-1-3-5-14,33-13-20(34)23(29,30)31)15-8-16(22(26,27)28)10-18(25)9-15/h1-10,12,20,33-34H,11,13H2. The molecule has 1 heterocycles. The summed E-state index contributed by atoms with van der Waals surface area (Å²) < 4.78 is 94.0. The fraction of sp³-hybridized carbons (Fsp3) is 0.261. The van der Waals surface area contributed by atoms with Crippen molar-refractivity contribution in [3.8, 4) is 0 Å². The van der Waals surface area contributed by atoms with Crippen LogP contribution < -0.4 is 5.32 Å². The van der Waals surface area contributed by atoms with Gasteiger partial charge >= 0.3 is 12.4 Å². The Morgan fingerprint density at radius 2 is 1.56 bits per heavy atom. The molecule has 0 aliphatic carbocycles. The average molecular weight is 507 g/mol. The number of halogens is 8. The molecule has 2 atom stereocenters. The molecule has 0 bridgehead atoms. The average Bonchev–Trinajstić information content (AvgIpc) is 2.76. The van der Waals surface area contributed by atoms with Crippen LogP contribution >= 0.6 is 11.6 Å². The summed E-state index contributed by atoms with van der Waals surface area (Å²) >= 11 is 5.89. The molecule has 0 saturated heterocycles. The molecule has 182 valence electrons. The molecule has 2 aromatic carbocycles. The minimum atomic E-state index is -5.00. The zero-order valence-electron chi connectivity index (χ0n) is 17.3. The summed E-state index contributed by atoms with van der Waals surface area (Å²) in [6.45, 7) is -1.10. The van der Waals surface area contributed by atoms with Crippen molar-refractivity contribution in [2.75, 3.05) is 6.54 Å². The summed E-state index contributed by atoms with van der Waals surface area (Å²) in [6.07, 6.45) is -11.8. The number of benzene rings is 2. The van der Waals surface area contributed by atoms with E-state index in [-0.39, 0.29) is 28.8 Å². The molecule has 0 amide bonds. The maximum atomic E-state index is 14.4. The van der Waals surface area contributed by atoms with E-state index in [9.17, 15) is 35.8 Å². The number of aliphatic hydroxyl groups excluding tert-OH is 1. The quantitative estimate of drug-likeness (QED) is 0.393. The fourth-order valence-electron chi connectivity index (χ4n) is 3.51. The Bertz CT molecular complexity index is 1110. The Kier molecular flexibility index (Phi) is 7.54. The number of alkyl halides is 6. The van der Waals surface area contributed by atoms with Gasteiger partial charge in [-0.25, -0.2) is 4.39 Å². The van der Waals surface area contributed by atoms with Crippen LogP contribution in [0.25, 0.3) is 0 Å². The number of aliphatic hydroxyl groups is 1. The van der Waals surface area contributed by atoms with Crippen molar-refractivity contribution in [2.45, 2.75) is 30.4 Å². The molecule has 1 aromatic heterocycles. The van der Waals surface area contributed by atoms with Crippen LogP contribution in [-0.4, -0.2) is 28.9 Å². The van der Waals surface area contributed by atoms with E-state index in [1.165, 1.54) is 18.3 Å². The largest absolute Gasteiger partial charge is 0.416 e. The molecule has 11 heteroatoms. The number of rotatable bonds is 7. The molecule has 2 unspecified atom stereocenters. The number of pyridine rings is 1. The first-order valence-electron chi connectivity index (χ1n) is 9.85. The first kappa shape index (κ1) is 25.9. The summed E-state index contributed by atoms with van der Waals surface area (Å²) in [4.78, 5) is 4.12. The van der Waals surface area contributed by atoms with Gasteiger partial charge in [0.25, 0.3) is 0 Å². The highest BCUT2D eigenvalue weighted by Crippen LogP contribution is 2.38. The van der Waals surface area contributed by atoms with Gasteiger partial charge in [0.1, 0.15) is 5.82 Å². The second-order valence-electron chi connectivity index (χ2n) is 7.59. The van der Waals surface area contributed by atoms with Crippen LogP contribution in [0.1, 0.15) is 22.4 Å². The maximum Gasteiger partial charge on any atom is 0.416 e. The van der Waals surface area contributed by atoms with Crippen molar-refractivity contribution in [1.82, 2.24) is 10.3 Å². The van der Waals surface area contributed by atoms with Crippen LogP contribution in [0.15, 0.2) is 66.9 Å². The van der Waals surface area contributed by atoms with Crippen molar-refractivity contribution < 1.29 is 35.8 Å². The van der Waals surface area contributed by atoms with E-state index < -0.39 is 41.9 Å². The van der Waals surface area contributed by atoms with Crippen molar-refractivity contribution in [2.24, 2.45) is 0 Å². The second kappa shape index (κ2) is 9.89. The van der Waals surface area contributed by atoms with Gasteiger partial charge in [-0.3, -0.25) is 10.3 Å². The lowest BCUT2D eigenvalue weighted by Crippen LogP contribution is -2.51. The van der Waals surface area contributed by atoms with E-state index in [1.807, 2.05) is 0 Å². The molecule has 0 aliphatic rings. The van der Waals surface area contributed by atoms with E-state index in [0.717, 1.165) is 6.07 Å². The second-order valence-corrected chi connectivity index (χ2v) is 8.03. The van der Waals surface area contributed by atoms with Crippen LogP contribution in [0.5, 0.6) is 0 Å². The zero-order valence-corrected chi connectivity index (χ0v) is 18.0. The summed E-state index contributed by atoms with van der Waals surface area (Å²) in [5.74, 6) is -1.24. The number of nitrogens with one attached hydrogen (secondary N) is 1. The molecule has 0 spiro atoms. The topological polar surface area (TPSA) is 45.1 Å². The summed E-state index contributed by atoms with van der Waals surface area (Å²) in [5.41, 5.74) is -3.06. The van der Waals surface area contributed by atoms with Gasteiger partial charge in [0.15, 0.2) is 6.10 Å². The molecule has 0 fully saturated rings. The maximum absolute atomic E-state index is 14.4. The number of aromatic nitrogens is 1. The third-order valence-corrected chi connectivity index (χ3v) is 5.39. The third kappa shape index (κ3) is 6.05. The lowest BCUT2D eigenvalue weighted by Gasteiger charge is -2.37. The highest BCUT2D eigenvalue weighted by molar-refractivity contribution is 6.30. The normalized spacial score (nSPS) is 15.1. The van der Waals surface area contributed by atoms with E-state index >= 15 is 0 Å². The van der Waals surface area contributed by atoms with Gasteiger partial charge < -0.3 is 5.11 Å². The van der Waals surface area contributed by atoms with E-state index in [0.29, 0.717) is 11.6 Å². The van der Waals surface area contributed by atoms with E-state index in [2.05, 4.69) is 10.3 Å². The molecule has 34 heavy (non-hydrogen) atoms. The molecule has 0 saturated carbocycles. The van der Waals surface area contributed by atoms with E-state index in [1.54, 1.807) is 30.3 Å². The SMILES string of the molecule is OC(CNC(Cc1ccccc1)(c1cc(F)cc(C(F)(F)F)c1)c1ccc(Cl)cn1)C(F)(F)F. The molecular formula is C23H18ClF7N2O. The van der Waals surface area contributed by atoms with Crippen molar-refractivity contribution in [3.05, 3.63) is 100 Å². The molecule has 3 rings (SSSR count). The zero-order chi connectivity index (χ0) is 25.1. The van der Waals surface area contributed by atoms with Gasteiger partial charge in [-0.2, -0.15) is 26.3 Å². The minimum Gasteiger partial charge on any atom is -0.382 e. The van der Waals surface area contributed by atoms with E-state index in [4.69, 9.17) is 11.6 Å². The molecule has 3 nitrogen and oxygen atoms in total. The molecule has 3 aromatic rings. The minimum absolute atomic E-state index is 0.0196. The van der Waals surface area contributed by atoms with Gasteiger partial charge in [-0.15, -0.1) is 0 Å². The van der Waals surface area contributed by atoms with Crippen LogP contribution in [0.4, 0.5) is 30.7 Å². The number of hydrogen-bond acceptors (Lipinski definition) is 3. The Labute approximate surface area is 195 Å². The monoisotopic (exact) mass is 506 g/mol. The molecule has 0 aliphatic heterocycles.